The maximum Gasteiger partial charge on any atom is 0.301 e. The van der Waals surface area contributed by atoms with Gasteiger partial charge in [0.1, 0.15) is 0 Å². The monoisotopic (exact) mass is 328 g/mol. The second-order valence-electron chi connectivity index (χ2n) is 4.68. The molecule has 5 nitrogen and oxygen atoms in total. The first kappa shape index (κ1) is 16.1. The molecule has 0 bridgehead atoms. The zero-order valence-electron chi connectivity index (χ0n) is 11.5. The van der Waals surface area contributed by atoms with Crippen molar-refractivity contribution in [3.8, 4) is 11.8 Å². The van der Waals surface area contributed by atoms with Crippen LogP contribution in [-0.2, 0) is 10.2 Å². The first-order chi connectivity index (χ1) is 10.0. The quantitative estimate of drug-likeness (QED) is 0.828. The topological polar surface area (TPSA) is 69.6 Å². The Morgan fingerprint density at radius 3 is 2.71 bits per heavy atom. The predicted molar refractivity (Wildman–Crippen MR) is 83.4 cm³/mol. The van der Waals surface area contributed by atoms with E-state index in [9.17, 15) is 8.42 Å². The van der Waals surface area contributed by atoms with Crippen molar-refractivity contribution in [2.45, 2.75) is 19.3 Å². The van der Waals surface area contributed by atoms with Gasteiger partial charge in [-0.2, -0.15) is 12.7 Å². The molecule has 0 atom stereocenters. The number of hydrogen-bond donors (Lipinski definition) is 2. The summed E-state index contributed by atoms with van der Waals surface area (Å²) in [6, 6.07) is 4.85. The minimum absolute atomic E-state index is 0.0323. The van der Waals surface area contributed by atoms with E-state index >= 15 is 0 Å². The van der Waals surface area contributed by atoms with Gasteiger partial charge in [-0.3, -0.25) is 4.72 Å². The molecule has 0 unspecified atom stereocenters. The highest BCUT2D eigenvalue weighted by atomic mass is 35.5. The van der Waals surface area contributed by atoms with Crippen molar-refractivity contribution in [1.82, 2.24) is 4.31 Å². The summed E-state index contributed by atoms with van der Waals surface area (Å²) >= 11 is 5.93. The van der Waals surface area contributed by atoms with Crippen LogP contribution in [0.1, 0.15) is 24.8 Å². The van der Waals surface area contributed by atoms with Crippen molar-refractivity contribution >= 4 is 27.5 Å². The molecule has 2 N–H and O–H groups in total. The van der Waals surface area contributed by atoms with E-state index in [0.29, 0.717) is 35.8 Å². The number of nitrogens with one attached hydrogen (secondary N) is 1. The highest BCUT2D eigenvalue weighted by Crippen LogP contribution is 2.23. The molecular weight excluding hydrogens is 312 g/mol. The summed E-state index contributed by atoms with van der Waals surface area (Å²) in [6.07, 6.45) is 2.08. The lowest BCUT2D eigenvalue weighted by Gasteiger charge is -2.17. The van der Waals surface area contributed by atoms with Crippen LogP contribution in [0, 0.1) is 11.8 Å². The van der Waals surface area contributed by atoms with Gasteiger partial charge in [0.05, 0.1) is 12.3 Å². The Balaban J connectivity index is 2.26. The summed E-state index contributed by atoms with van der Waals surface area (Å²) in [5.74, 6) is 5.62. The standard InChI is InChI=1S/C14H17ClN2O3S/c15-13-7-6-12(5-1-4-10-18)14(11-13)16-21(19,20)17-8-2-3-9-17/h6-7,11,16,18H,2-4,8-10H2. The maximum atomic E-state index is 12.3. The molecule has 0 aromatic heterocycles. The molecule has 1 aromatic carbocycles. The Morgan fingerprint density at radius 2 is 2.05 bits per heavy atom. The number of hydrogen-bond acceptors (Lipinski definition) is 3. The first-order valence-corrected chi connectivity index (χ1v) is 8.52. The van der Waals surface area contributed by atoms with Gasteiger partial charge in [-0.25, -0.2) is 0 Å². The van der Waals surface area contributed by atoms with Crippen molar-refractivity contribution in [3.05, 3.63) is 28.8 Å². The first-order valence-electron chi connectivity index (χ1n) is 6.70. The van der Waals surface area contributed by atoms with Crippen LogP contribution in [0.5, 0.6) is 0 Å². The molecule has 0 radical (unpaired) electrons. The van der Waals surface area contributed by atoms with Crippen LogP contribution < -0.4 is 4.72 Å². The second kappa shape index (κ2) is 7.14. The van der Waals surface area contributed by atoms with Crippen LogP contribution >= 0.6 is 11.6 Å². The van der Waals surface area contributed by atoms with E-state index in [1.807, 2.05) is 0 Å². The molecule has 7 heteroatoms. The Kier molecular flexibility index (Phi) is 5.48. The van der Waals surface area contributed by atoms with Crippen molar-refractivity contribution in [2.75, 3.05) is 24.4 Å². The Morgan fingerprint density at radius 1 is 1.33 bits per heavy atom. The van der Waals surface area contributed by atoms with E-state index in [-0.39, 0.29) is 6.61 Å². The summed E-state index contributed by atoms with van der Waals surface area (Å²) in [7, 11) is -3.58. The maximum absolute atomic E-state index is 12.3. The summed E-state index contributed by atoms with van der Waals surface area (Å²) in [4.78, 5) is 0. The molecule has 2 rings (SSSR count). The van der Waals surface area contributed by atoms with Crippen LogP contribution in [-0.4, -0.2) is 37.5 Å². The van der Waals surface area contributed by atoms with Gasteiger partial charge in [-0.15, -0.1) is 0 Å². The normalized spacial score (nSPS) is 15.5. The van der Waals surface area contributed by atoms with Crippen LogP contribution in [0.25, 0.3) is 0 Å². The highest BCUT2D eigenvalue weighted by molar-refractivity contribution is 7.90. The van der Waals surface area contributed by atoms with Crippen molar-refractivity contribution in [2.24, 2.45) is 0 Å². The van der Waals surface area contributed by atoms with Crippen molar-refractivity contribution in [1.29, 1.82) is 0 Å². The van der Waals surface area contributed by atoms with Gasteiger partial charge < -0.3 is 5.11 Å². The van der Waals surface area contributed by atoms with Gasteiger partial charge in [0.15, 0.2) is 0 Å². The molecule has 1 heterocycles. The van der Waals surface area contributed by atoms with Gasteiger partial charge >= 0.3 is 10.2 Å². The third-order valence-electron chi connectivity index (χ3n) is 3.09. The molecule has 0 spiro atoms. The summed E-state index contributed by atoms with van der Waals surface area (Å²) in [5.41, 5.74) is 0.899. The SMILES string of the molecule is O=S(=O)(Nc1cc(Cl)ccc1C#CCCO)N1CCCC1. The predicted octanol–water partition coefficient (Wildman–Crippen LogP) is 1.83. The zero-order valence-corrected chi connectivity index (χ0v) is 13.0. The number of benzene rings is 1. The fraction of sp³-hybridized carbons (Fsp3) is 0.429. The molecule has 21 heavy (non-hydrogen) atoms. The minimum atomic E-state index is -3.58. The van der Waals surface area contributed by atoms with E-state index < -0.39 is 10.2 Å². The van der Waals surface area contributed by atoms with Crippen LogP contribution in [0.3, 0.4) is 0 Å². The van der Waals surface area contributed by atoms with Crippen molar-refractivity contribution in [3.63, 3.8) is 0 Å². The van der Waals surface area contributed by atoms with Gasteiger partial charge in [-0.05, 0) is 31.0 Å². The summed E-state index contributed by atoms with van der Waals surface area (Å²) in [6.45, 7) is 1.03. The highest BCUT2D eigenvalue weighted by Gasteiger charge is 2.25. The molecule has 0 aliphatic carbocycles. The Labute approximate surface area is 130 Å². The number of halogens is 1. The summed E-state index contributed by atoms with van der Waals surface area (Å²) in [5, 5.41) is 9.18. The molecule has 1 fully saturated rings. The smallest absolute Gasteiger partial charge is 0.301 e. The average Bonchev–Trinajstić information content (AvgIpc) is 2.96. The molecule has 1 aliphatic heterocycles. The number of anilines is 1. The number of nitrogens with zero attached hydrogens (tertiary/aromatic N) is 1. The lowest BCUT2D eigenvalue weighted by Crippen LogP contribution is -2.33. The molecule has 0 saturated carbocycles. The number of rotatable bonds is 4. The van der Waals surface area contributed by atoms with E-state index in [0.717, 1.165) is 12.8 Å². The zero-order chi connectivity index (χ0) is 15.3. The van der Waals surface area contributed by atoms with Crippen LogP contribution in [0.4, 0.5) is 5.69 Å². The molecule has 0 amide bonds. The van der Waals surface area contributed by atoms with E-state index in [1.165, 1.54) is 10.4 Å². The van der Waals surface area contributed by atoms with Crippen molar-refractivity contribution < 1.29 is 13.5 Å². The second-order valence-corrected chi connectivity index (χ2v) is 6.79. The van der Waals surface area contributed by atoms with E-state index in [2.05, 4.69) is 16.6 Å². The fourth-order valence-corrected chi connectivity index (χ4v) is 3.54. The number of aliphatic hydroxyl groups is 1. The average molecular weight is 329 g/mol. The molecule has 1 saturated heterocycles. The Bertz CT molecular complexity index is 659. The Hall–Kier alpha value is -1.26. The van der Waals surface area contributed by atoms with Gasteiger partial charge in [0, 0.05) is 30.1 Å². The molecule has 1 aliphatic rings. The fourth-order valence-electron chi connectivity index (χ4n) is 2.06. The van der Waals surface area contributed by atoms with Crippen LogP contribution in [0.2, 0.25) is 5.02 Å². The lowest BCUT2D eigenvalue weighted by molar-refractivity contribution is 0.305. The van der Waals surface area contributed by atoms with E-state index in [4.69, 9.17) is 16.7 Å². The largest absolute Gasteiger partial charge is 0.395 e. The molecule has 1 aromatic rings. The lowest BCUT2D eigenvalue weighted by atomic mass is 10.2. The van der Waals surface area contributed by atoms with Gasteiger partial charge in [-0.1, -0.05) is 23.4 Å². The summed E-state index contributed by atoms with van der Waals surface area (Å²) < 4.78 is 28.5. The van der Waals surface area contributed by atoms with E-state index in [1.54, 1.807) is 12.1 Å². The third kappa shape index (κ3) is 4.35. The minimum Gasteiger partial charge on any atom is -0.395 e. The molecular formula is C14H17ClN2O3S. The third-order valence-corrected chi connectivity index (χ3v) is 4.84. The van der Waals surface area contributed by atoms with Crippen LogP contribution in [0.15, 0.2) is 18.2 Å². The van der Waals surface area contributed by atoms with Gasteiger partial charge in [0.25, 0.3) is 0 Å². The molecule has 114 valence electrons. The number of aliphatic hydroxyl groups excluding tert-OH is 1. The van der Waals surface area contributed by atoms with Gasteiger partial charge in [0.2, 0.25) is 0 Å².